The molecule has 8 N–H and O–H groups in total. The summed E-state index contributed by atoms with van der Waals surface area (Å²) in [5.41, 5.74) is 0. The summed E-state index contributed by atoms with van der Waals surface area (Å²) in [5, 5.41) is 25.2. The van der Waals surface area contributed by atoms with Crippen molar-refractivity contribution in [3.05, 3.63) is 194 Å². The monoisotopic (exact) mass is 1510 g/mol. The molecule has 0 aliphatic heterocycles. The summed E-state index contributed by atoms with van der Waals surface area (Å²) < 4.78 is 0. The van der Waals surface area contributed by atoms with E-state index in [9.17, 15) is 38.4 Å². The molecular weight excluding hydrogens is 1380 g/mol. The molecule has 0 unspecified atom stereocenters. The first-order chi connectivity index (χ1) is 53.9. The molecule has 22 nitrogen and oxygen atoms in total. The molecule has 0 saturated heterocycles. The molecule has 22 heteroatoms. The zero-order chi connectivity index (χ0) is 77.3. The highest BCUT2D eigenvalue weighted by atomic mass is 16.2. The Balaban J connectivity index is 0.929. The zero-order valence-corrected chi connectivity index (χ0v) is 65.3. The standard InChI is InChI=1S/C88H128N14O8/c103-81(73-31-1-2-32-73)89-47-19-57-99(58-20-48-90-82(104)74-33-3-4-34-74)69-27-65-97(66-28-70-100(59-21-49-91-83(105)75-35-5-6-36-75)60-22-50-92-84(106)76-37-7-8-38-76)55-17-18-56-98(67-29-71-101(61-23-51-93-85(107)77-39-9-10-40-77)62-24-52-94-86(108)78-41-11-12-42-78)68-30-72-102(63-25-53-95-87(109)79-43-13-14-44-79)64-26-54-96-88(110)80-45-15-16-46-80/h1-16,31-46,73-80H,17-30,47-72H2,(H,89,103)(H,90,104)(H,91,105)(H,92,106)(H,93,107)(H,94,108)(H,95,109)(H,96,110). The Bertz CT molecular complexity index is 2670. The van der Waals surface area contributed by atoms with E-state index in [1.807, 2.05) is 194 Å². The van der Waals surface area contributed by atoms with Gasteiger partial charge in [0.1, 0.15) is 0 Å². The van der Waals surface area contributed by atoms with Crippen LogP contribution in [0, 0.1) is 47.3 Å². The van der Waals surface area contributed by atoms with Crippen LogP contribution in [0.4, 0.5) is 0 Å². The van der Waals surface area contributed by atoms with E-state index in [4.69, 9.17) is 0 Å². The minimum atomic E-state index is -0.231. The summed E-state index contributed by atoms with van der Waals surface area (Å²) >= 11 is 0. The predicted octanol–water partition coefficient (Wildman–Crippen LogP) is 7.13. The minimum absolute atomic E-state index is 0.0143. The van der Waals surface area contributed by atoms with Crippen molar-refractivity contribution in [2.24, 2.45) is 47.3 Å². The van der Waals surface area contributed by atoms with Crippen LogP contribution in [0.1, 0.15) is 89.9 Å². The van der Waals surface area contributed by atoms with E-state index >= 15 is 0 Å². The average Bonchev–Trinajstić information content (AvgIpc) is 1.66. The number of amides is 8. The molecule has 0 radical (unpaired) electrons. The number of rotatable bonds is 61. The molecule has 0 aromatic carbocycles. The number of hydrogen-bond donors (Lipinski definition) is 8. The van der Waals surface area contributed by atoms with Crippen LogP contribution in [0.5, 0.6) is 0 Å². The van der Waals surface area contributed by atoms with Gasteiger partial charge in [0.2, 0.25) is 47.3 Å². The molecule has 8 aliphatic carbocycles. The molecule has 0 spiro atoms. The van der Waals surface area contributed by atoms with Gasteiger partial charge in [-0.3, -0.25) is 38.4 Å². The summed E-state index contributed by atoms with van der Waals surface area (Å²) in [6.45, 7) is 20.1. The van der Waals surface area contributed by atoms with Crippen molar-refractivity contribution in [3.63, 3.8) is 0 Å². The van der Waals surface area contributed by atoms with Gasteiger partial charge in [0.05, 0.1) is 47.3 Å². The van der Waals surface area contributed by atoms with Gasteiger partial charge in [-0.05, 0) is 208 Å². The molecular formula is C88H128N14O8. The molecule has 8 rings (SSSR count). The molecule has 0 aromatic rings. The summed E-state index contributed by atoms with van der Waals surface area (Å²) in [5.74, 6) is -1.73. The van der Waals surface area contributed by atoms with Crippen LogP contribution in [0.2, 0.25) is 0 Å². The smallest absolute Gasteiger partial charge is 0.230 e. The predicted molar refractivity (Wildman–Crippen MR) is 442 cm³/mol. The molecule has 598 valence electrons. The second kappa shape index (κ2) is 52.5. The second-order valence-electron chi connectivity index (χ2n) is 29.7. The minimum Gasteiger partial charge on any atom is -0.355 e. The Labute approximate surface area is 656 Å². The highest BCUT2D eigenvalue weighted by Crippen LogP contribution is 2.17. The van der Waals surface area contributed by atoms with Crippen LogP contribution in [0.3, 0.4) is 0 Å². The number of carbonyl (C=O) groups excluding carboxylic acids is 8. The first kappa shape index (κ1) is 86.9. The Morgan fingerprint density at radius 3 is 0.373 bits per heavy atom. The maximum Gasteiger partial charge on any atom is 0.230 e. The van der Waals surface area contributed by atoms with E-state index in [0.717, 1.165) is 208 Å². The second-order valence-corrected chi connectivity index (χ2v) is 29.7. The van der Waals surface area contributed by atoms with E-state index < -0.39 is 0 Å². The molecule has 0 bridgehead atoms. The van der Waals surface area contributed by atoms with Gasteiger partial charge in [0.15, 0.2) is 0 Å². The number of allylic oxidation sites excluding steroid dienone is 16. The topological polar surface area (TPSA) is 252 Å². The van der Waals surface area contributed by atoms with Crippen molar-refractivity contribution in [2.45, 2.75) is 89.9 Å². The Hall–Kier alpha value is -8.64. The lowest BCUT2D eigenvalue weighted by molar-refractivity contribution is -0.123. The van der Waals surface area contributed by atoms with Crippen LogP contribution in [-0.4, -0.2) is 247 Å². The molecule has 8 amide bonds. The van der Waals surface area contributed by atoms with Crippen molar-refractivity contribution in [1.29, 1.82) is 0 Å². The lowest BCUT2D eigenvalue weighted by atomic mass is 10.1. The largest absolute Gasteiger partial charge is 0.355 e. The van der Waals surface area contributed by atoms with E-state index in [1.54, 1.807) is 0 Å². The number of nitrogens with one attached hydrogen (secondary N) is 8. The lowest BCUT2D eigenvalue weighted by Crippen LogP contribution is -2.38. The van der Waals surface area contributed by atoms with E-state index in [-0.39, 0.29) is 94.6 Å². The third-order valence-corrected chi connectivity index (χ3v) is 21.0. The first-order valence-electron chi connectivity index (χ1n) is 41.3. The summed E-state index contributed by atoms with van der Waals surface area (Å²) in [6, 6.07) is 0. The number of carbonyl (C=O) groups is 8. The van der Waals surface area contributed by atoms with Gasteiger partial charge in [-0.2, -0.15) is 0 Å². The van der Waals surface area contributed by atoms with Crippen LogP contribution in [0.15, 0.2) is 194 Å². The summed E-state index contributed by atoms with van der Waals surface area (Å²) in [6.07, 6.45) is 73.4. The van der Waals surface area contributed by atoms with Crippen LogP contribution in [-0.2, 0) is 38.4 Å². The van der Waals surface area contributed by atoms with E-state index in [2.05, 4.69) is 71.9 Å². The third kappa shape index (κ3) is 34.7. The molecule has 0 saturated carbocycles. The fraction of sp³-hybridized carbons (Fsp3) is 0.545. The molecule has 0 atom stereocenters. The SMILES string of the molecule is O=C(NCCCN(CCCNC(=O)C1C=CC=C1)CCCN(CCCCN(CCCN(CCCNC(=O)C1C=CC=C1)CCCNC(=O)C1C=CC=C1)CCCN(CCCNC(=O)C1C=CC=C1)CCCNC(=O)C1C=CC=C1)CCCN(CCCNC(=O)C1C=CC=C1)CCCNC(=O)C1C=CC=C1)C1C=CC=C1. The quantitative estimate of drug-likeness (QED) is 0.0282. The van der Waals surface area contributed by atoms with Crippen molar-refractivity contribution < 1.29 is 38.4 Å². The summed E-state index contributed by atoms with van der Waals surface area (Å²) in [7, 11) is 0. The van der Waals surface area contributed by atoms with Gasteiger partial charge in [-0.25, -0.2) is 0 Å². The van der Waals surface area contributed by atoms with Crippen molar-refractivity contribution in [3.8, 4) is 0 Å². The van der Waals surface area contributed by atoms with Gasteiger partial charge in [-0.1, -0.05) is 194 Å². The van der Waals surface area contributed by atoms with Crippen LogP contribution in [0.25, 0.3) is 0 Å². The van der Waals surface area contributed by atoms with Crippen LogP contribution < -0.4 is 42.5 Å². The van der Waals surface area contributed by atoms with Crippen molar-refractivity contribution in [2.75, 3.05) is 170 Å². The van der Waals surface area contributed by atoms with Gasteiger partial charge in [0.25, 0.3) is 0 Å². The molecule has 0 aromatic heterocycles. The van der Waals surface area contributed by atoms with E-state index in [0.29, 0.717) is 52.4 Å². The highest BCUT2D eigenvalue weighted by Gasteiger charge is 2.23. The van der Waals surface area contributed by atoms with Gasteiger partial charge in [0, 0.05) is 52.4 Å². The molecule has 8 aliphatic rings. The van der Waals surface area contributed by atoms with Crippen LogP contribution >= 0.6 is 0 Å². The molecule has 110 heavy (non-hydrogen) atoms. The first-order valence-corrected chi connectivity index (χ1v) is 41.3. The van der Waals surface area contributed by atoms with Gasteiger partial charge in [-0.15, -0.1) is 0 Å². The fourth-order valence-corrected chi connectivity index (χ4v) is 14.7. The average molecular weight is 1510 g/mol. The van der Waals surface area contributed by atoms with Gasteiger partial charge >= 0.3 is 0 Å². The number of hydrogen-bond acceptors (Lipinski definition) is 14. The Morgan fingerprint density at radius 2 is 0.255 bits per heavy atom. The number of nitrogens with zero attached hydrogens (tertiary/aromatic N) is 6. The summed E-state index contributed by atoms with van der Waals surface area (Å²) in [4.78, 5) is 119. The number of unbranched alkanes of at least 4 members (excludes halogenated alkanes) is 1. The molecule has 0 fully saturated rings. The zero-order valence-electron chi connectivity index (χ0n) is 65.3. The fourth-order valence-electron chi connectivity index (χ4n) is 14.7. The maximum absolute atomic E-state index is 13.0. The van der Waals surface area contributed by atoms with Gasteiger partial charge < -0.3 is 71.9 Å². The Morgan fingerprint density at radius 1 is 0.155 bits per heavy atom. The molecule has 0 heterocycles. The Kier molecular flexibility index (Phi) is 41.5. The third-order valence-electron chi connectivity index (χ3n) is 21.0. The van der Waals surface area contributed by atoms with Crippen molar-refractivity contribution >= 4 is 47.3 Å². The van der Waals surface area contributed by atoms with Crippen molar-refractivity contribution in [1.82, 2.24) is 71.9 Å². The highest BCUT2D eigenvalue weighted by molar-refractivity contribution is 5.86. The lowest BCUT2D eigenvalue weighted by Gasteiger charge is -2.29. The maximum atomic E-state index is 13.0. The normalized spacial score (nSPS) is 16.5. The van der Waals surface area contributed by atoms with E-state index in [1.165, 1.54) is 0 Å².